The fourth-order valence-electron chi connectivity index (χ4n) is 2.98. The largest absolute Gasteiger partial charge is 0.464 e. The molecule has 0 amide bonds. The van der Waals surface area contributed by atoms with E-state index < -0.39 is 5.41 Å². The molecule has 2 rings (SSSR count). The number of ether oxygens (including phenoxy) is 1. The summed E-state index contributed by atoms with van der Waals surface area (Å²) in [7, 11) is 3.98. The highest BCUT2D eigenvalue weighted by atomic mass is 35.5. The molecule has 3 nitrogen and oxygen atoms in total. The number of benzene rings is 1. The molecule has 21 heavy (non-hydrogen) atoms. The molecule has 1 saturated carbocycles. The molecule has 0 heterocycles. The molecule has 0 bridgehead atoms. The molecule has 0 aliphatic heterocycles. The average Bonchev–Trinajstić information content (AvgIpc) is 2.48. The average molecular weight is 312 g/mol. The Bertz CT molecular complexity index is 428. The number of carbonyl (C=O) groups excluding carboxylic acids is 1. The zero-order chi connectivity index (χ0) is 14.4. The number of hydrogen-bond donors (Lipinski definition) is 0. The van der Waals surface area contributed by atoms with Crippen LogP contribution in [-0.2, 0) is 14.9 Å². The summed E-state index contributed by atoms with van der Waals surface area (Å²) < 4.78 is 5.57. The summed E-state index contributed by atoms with van der Waals surface area (Å²) in [5.41, 5.74) is 0.709. The molecule has 0 unspecified atom stereocenters. The van der Waals surface area contributed by atoms with E-state index in [1.807, 2.05) is 37.2 Å². The summed E-state index contributed by atoms with van der Waals surface area (Å²) in [4.78, 5) is 14.7. The lowest BCUT2D eigenvalue weighted by Gasteiger charge is -2.35. The summed E-state index contributed by atoms with van der Waals surface area (Å²) in [6.07, 6.45) is 5.27. The van der Waals surface area contributed by atoms with Gasteiger partial charge >= 0.3 is 5.97 Å². The van der Waals surface area contributed by atoms with Crippen LogP contribution in [0.25, 0.3) is 0 Å². The smallest absolute Gasteiger partial charge is 0.316 e. The van der Waals surface area contributed by atoms with Gasteiger partial charge in [-0.25, -0.2) is 0 Å². The molecular weight excluding hydrogens is 286 g/mol. The Morgan fingerprint density at radius 2 is 1.76 bits per heavy atom. The van der Waals surface area contributed by atoms with Crippen LogP contribution in [0, 0.1) is 0 Å². The third kappa shape index (κ3) is 4.45. The Kier molecular flexibility index (Phi) is 7.20. The van der Waals surface area contributed by atoms with Gasteiger partial charge in [0.2, 0.25) is 0 Å². The van der Waals surface area contributed by atoms with Crippen molar-refractivity contribution in [3.63, 3.8) is 0 Å². The van der Waals surface area contributed by atoms with Crippen molar-refractivity contribution in [1.82, 2.24) is 4.90 Å². The molecule has 1 aromatic rings. The Labute approximate surface area is 134 Å². The Hall–Kier alpha value is -1.06. The first-order valence-corrected chi connectivity index (χ1v) is 7.53. The van der Waals surface area contributed by atoms with Crippen molar-refractivity contribution < 1.29 is 9.53 Å². The maximum atomic E-state index is 12.7. The van der Waals surface area contributed by atoms with Crippen molar-refractivity contribution in [3.8, 4) is 0 Å². The Balaban J connectivity index is 0.00000220. The summed E-state index contributed by atoms with van der Waals surface area (Å²) >= 11 is 0. The van der Waals surface area contributed by atoms with Gasteiger partial charge in [0.25, 0.3) is 0 Å². The molecule has 0 spiro atoms. The van der Waals surface area contributed by atoms with Crippen molar-refractivity contribution in [1.29, 1.82) is 0 Å². The van der Waals surface area contributed by atoms with Gasteiger partial charge in [-0.1, -0.05) is 49.6 Å². The molecule has 0 atom stereocenters. The van der Waals surface area contributed by atoms with Gasteiger partial charge in [0.15, 0.2) is 0 Å². The van der Waals surface area contributed by atoms with Crippen molar-refractivity contribution in [3.05, 3.63) is 35.9 Å². The lowest BCUT2D eigenvalue weighted by Crippen LogP contribution is -2.40. The zero-order valence-electron chi connectivity index (χ0n) is 13.0. The highest BCUT2D eigenvalue weighted by Crippen LogP contribution is 2.40. The van der Waals surface area contributed by atoms with Crippen LogP contribution in [0.5, 0.6) is 0 Å². The topological polar surface area (TPSA) is 29.5 Å². The van der Waals surface area contributed by atoms with Gasteiger partial charge in [0.05, 0.1) is 5.41 Å². The van der Waals surface area contributed by atoms with Crippen molar-refractivity contribution in [2.24, 2.45) is 0 Å². The van der Waals surface area contributed by atoms with E-state index in [9.17, 15) is 4.79 Å². The molecule has 1 aliphatic carbocycles. The monoisotopic (exact) mass is 311 g/mol. The van der Waals surface area contributed by atoms with Crippen LogP contribution in [-0.4, -0.2) is 38.1 Å². The summed E-state index contributed by atoms with van der Waals surface area (Å²) in [6.45, 7) is 1.25. The van der Waals surface area contributed by atoms with Gasteiger partial charge < -0.3 is 9.64 Å². The molecule has 4 heteroatoms. The van der Waals surface area contributed by atoms with Crippen LogP contribution >= 0.6 is 12.4 Å². The van der Waals surface area contributed by atoms with E-state index in [0.29, 0.717) is 6.61 Å². The maximum Gasteiger partial charge on any atom is 0.316 e. The highest BCUT2D eigenvalue weighted by molar-refractivity contribution is 5.85. The fraction of sp³-hybridized carbons (Fsp3) is 0.588. The van der Waals surface area contributed by atoms with E-state index in [4.69, 9.17) is 4.74 Å². The lowest BCUT2D eigenvalue weighted by molar-refractivity contribution is -0.152. The van der Waals surface area contributed by atoms with Crippen LogP contribution in [0.15, 0.2) is 30.3 Å². The molecular formula is C17H26ClNO2. The van der Waals surface area contributed by atoms with Gasteiger partial charge in [-0.05, 0) is 32.5 Å². The van der Waals surface area contributed by atoms with Gasteiger partial charge in [-0.15, -0.1) is 12.4 Å². The predicted octanol–water partition coefficient (Wildman–Crippen LogP) is 3.42. The zero-order valence-corrected chi connectivity index (χ0v) is 13.8. The van der Waals surface area contributed by atoms with E-state index in [0.717, 1.165) is 37.8 Å². The minimum atomic E-state index is -0.411. The Morgan fingerprint density at radius 3 is 2.33 bits per heavy atom. The minimum Gasteiger partial charge on any atom is -0.464 e. The number of nitrogens with zero attached hydrogens (tertiary/aromatic N) is 1. The number of esters is 1. The van der Waals surface area contributed by atoms with Crippen LogP contribution in [0.4, 0.5) is 0 Å². The van der Waals surface area contributed by atoms with Crippen molar-refractivity contribution in [2.45, 2.75) is 37.5 Å². The Morgan fingerprint density at radius 1 is 1.14 bits per heavy atom. The number of carbonyl (C=O) groups is 1. The molecule has 1 fully saturated rings. The van der Waals surface area contributed by atoms with Gasteiger partial charge in [-0.3, -0.25) is 4.79 Å². The molecule has 0 N–H and O–H groups in total. The van der Waals surface area contributed by atoms with Gasteiger partial charge in [0.1, 0.15) is 6.61 Å². The first-order valence-electron chi connectivity index (χ1n) is 7.53. The van der Waals surface area contributed by atoms with Crippen molar-refractivity contribution >= 4 is 18.4 Å². The lowest BCUT2D eigenvalue weighted by atomic mass is 9.69. The normalized spacial score (nSPS) is 17.1. The quantitative estimate of drug-likeness (QED) is 0.780. The molecule has 1 aliphatic rings. The second kappa shape index (κ2) is 8.40. The predicted molar refractivity (Wildman–Crippen MR) is 88.0 cm³/mol. The number of likely N-dealkylation sites (N-methyl/N-ethyl adjacent to an activating group) is 1. The SMILES string of the molecule is CN(C)CCOC(=O)C1(c2ccccc2)CCCCC1.Cl. The number of halogens is 1. The third-order valence-corrected chi connectivity index (χ3v) is 4.20. The highest BCUT2D eigenvalue weighted by Gasteiger charge is 2.42. The van der Waals surface area contributed by atoms with Gasteiger partial charge in [-0.2, -0.15) is 0 Å². The van der Waals surface area contributed by atoms with Crippen LogP contribution in [0.2, 0.25) is 0 Å². The van der Waals surface area contributed by atoms with E-state index in [-0.39, 0.29) is 18.4 Å². The van der Waals surface area contributed by atoms with E-state index >= 15 is 0 Å². The van der Waals surface area contributed by atoms with E-state index in [2.05, 4.69) is 12.1 Å². The summed E-state index contributed by atoms with van der Waals surface area (Å²) in [5.74, 6) is -0.0368. The van der Waals surface area contributed by atoms with Crippen LogP contribution in [0.1, 0.15) is 37.7 Å². The van der Waals surface area contributed by atoms with E-state index in [1.165, 1.54) is 6.42 Å². The third-order valence-electron chi connectivity index (χ3n) is 4.20. The number of rotatable bonds is 5. The first-order chi connectivity index (χ1) is 9.65. The van der Waals surface area contributed by atoms with Crippen LogP contribution in [0.3, 0.4) is 0 Å². The summed E-state index contributed by atoms with van der Waals surface area (Å²) in [5, 5.41) is 0. The summed E-state index contributed by atoms with van der Waals surface area (Å²) in [6, 6.07) is 10.2. The number of hydrogen-bond acceptors (Lipinski definition) is 3. The first kappa shape index (κ1) is 18.0. The maximum absolute atomic E-state index is 12.7. The molecule has 0 aromatic heterocycles. The molecule has 118 valence electrons. The molecule has 0 radical (unpaired) electrons. The van der Waals surface area contributed by atoms with Crippen molar-refractivity contribution in [2.75, 3.05) is 27.2 Å². The minimum absolute atomic E-state index is 0. The second-order valence-corrected chi connectivity index (χ2v) is 5.95. The standard InChI is InChI=1S/C17H25NO2.ClH/c1-18(2)13-14-20-16(19)17(11-7-4-8-12-17)15-9-5-3-6-10-15;/h3,5-6,9-10H,4,7-8,11-14H2,1-2H3;1H. The fourth-order valence-corrected chi connectivity index (χ4v) is 2.98. The van der Waals surface area contributed by atoms with Gasteiger partial charge in [0, 0.05) is 6.54 Å². The second-order valence-electron chi connectivity index (χ2n) is 5.95. The van der Waals surface area contributed by atoms with Crippen LogP contribution < -0.4 is 0 Å². The molecule has 1 aromatic carbocycles. The van der Waals surface area contributed by atoms with E-state index in [1.54, 1.807) is 0 Å². The molecule has 0 saturated heterocycles.